The summed E-state index contributed by atoms with van der Waals surface area (Å²) in [6.07, 6.45) is 2.67. The number of ether oxygens (including phenoxy) is 1. The van der Waals surface area contributed by atoms with Gasteiger partial charge in [0.15, 0.2) is 0 Å². The number of rotatable bonds is 8. The van der Waals surface area contributed by atoms with Crippen molar-refractivity contribution in [3.8, 4) is 0 Å². The van der Waals surface area contributed by atoms with Gasteiger partial charge in [-0.3, -0.25) is 0 Å². The Labute approximate surface area is 115 Å². The summed E-state index contributed by atoms with van der Waals surface area (Å²) < 4.78 is 5.45. The molecule has 1 saturated heterocycles. The van der Waals surface area contributed by atoms with Gasteiger partial charge in [0.25, 0.3) is 0 Å². The highest BCUT2D eigenvalue weighted by Gasteiger charge is 2.42. The molecule has 0 aromatic heterocycles. The highest BCUT2D eigenvalue weighted by molar-refractivity contribution is 4.91. The standard InChI is InChI=1S/C14H28O5/c1-2-3-4-5-6-7-8-10-12(16)14(18)13(17)11(9-15)19-10/h10-18H,2-9H2,1H3/t10-,11-,12-,13-,14-/m1/s1. The molecule has 5 nitrogen and oxygen atoms in total. The average Bonchev–Trinajstić information content (AvgIpc) is 2.42. The van der Waals surface area contributed by atoms with Crippen molar-refractivity contribution >= 4 is 0 Å². The molecule has 0 aliphatic carbocycles. The van der Waals surface area contributed by atoms with Crippen LogP contribution in [0.4, 0.5) is 0 Å². The highest BCUT2D eigenvalue weighted by Crippen LogP contribution is 2.24. The van der Waals surface area contributed by atoms with E-state index >= 15 is 0 Å². The molecule has 0 spiro atoms. The smallest absolute Gasteiger partial charge is 0.111 e. The minimum atomic E-state index is -1.24. The number of aliphatic hydroxyl groups is 4. The minimum absolute atomic E-state index is 0.349. The van der Waals surface area contributed by atoms with Gasteiger partial charge >= 0.3 is 0 Å². The van der Waals surface area contributed by atoms with E-state index in [4.69, 9.17) is 9.84 Å². The molecular weight excluding hydrogens is 248 g/mol. The second-order valence-corrected chi connectivity index (χ2v) is 5.42. The Morgan fingerprint density at radius 2 is 1.37 bits per heavy atom. The molecule has 0 aromatic carbocycles. The van der Waals surface area contributed by atoms with Crippen molar-refractivity contribution in [3.05, 3.63) is 0 Å². The Hall–Kier alpha value is -0.200. The first kappa shape index (κ1) is 16.9. The topological polar surface area (TPSA) is 90.2 Å². The van der Waals surface area contributed by atoms with E-state index in [9.17, 15) is 15.3 Å². The molecule has 5 atom stereocenters. The van der Waals surface area contributed by atoms with E-state index in [1.165, 1.54) is 25.7 Å². The van der Waals surface area contributed by atoms with E-state index in [1.54, 1.807) is 0 Å². The van der Waals surface area contributed by atoms with Crippen molar-refractivity contribution in [3.63, 3.8) is 0 Å². The van der Waals surface area contributed by atoms with Gasteiger partial charge in [0.05, 0.1) is 12.7 Å². The van der Waals surface area contributed by atoms with Gasteiger partial charge in [0.1, 0.15) is 24.4 Å². The zero-order valence-corrected chi connectivity index (χ0v) is 11.7. The number of hydrogen-bond donors (Lipinski definition) is 4. The summed E-state index contributed by atoms with van der Waals surface area (Å²) in [7, 11) is 0. The molecule has 1 fully saturated rings. The van der Waals surface area contributed by atoms with E-state index in [2.05, 4.69) is 6.92 Å². The van der Waals surface area contributed by atoms with Crippen LogP contribution in [-0.4, -0.2) is 57.6 Å². The highest BCUT2D eigenvalue weighted by atomic mass is 16.5. The lowest BCUT2D eigenvalue weighted by Gasteiger charge is -2.40. The van der Waals surface area contributed by atoms with Crippen LogP contribution in [0.2, 0.25) is 0 Å². The van der Waals surface area contributed by atoms with E-state index in [0.29, 0.717) is 6.42 Å². The molecule has 5 heteroatoms. The van der Waals surface area contributed by atoms with Crippen LogP contribution < -0.4 is 0 Å². The van der Waals surface area contributed by atoms with Crippen LogP contribution in [0.15, 0.2) is 0 Å². The predicted molar refractivity (Wildman–Crippen MR) is 71.8 cm³/mol. The third-order valence-corrected chi connectivity index (χ3v) is 3.83. The maximum Gasteiger partial charge on any atom is 0.111 e. The third-order valence-electron chi connectivity index (χ3n) is 3.83. The third kappa shape index (κ3) is 5.00. The Bertz CT molecular complexity index is 234. The van der Waals surface area contributed by atoms with Crippen molar-refractivity contribution in [2.24, 2.45) is 0 Å². The zero-order chi connectivity index (χ0) is 14.3. The fraction of sp³-hybridized carbons (Fsp3) is 1.00. The summed E-state index contributed by atoms with van der Waals surface area (Å²) >= 11 is 0. The Morgan fingerprint density at radius 3 is 2.00 bits per heavy atom. The summed E-state index contributed by atoms with van der Waals surface area (Å²) in [5.41, 5.74) is 0. The van der Waals surface area contributed by atoms with Gasteiger partial charge in [-0.2, -0.15) is 0 Å². The van der Waals surface area contributed by atoms with Crippen LogP contribution in [0.5, 0.6) is 0 Å². The first-order chi connectivity index (χ1) is 9.11. The SMILES string of the molecule is CCCCCCCC[C@H]1O[C@H](CO)[C@@H](O)[C@H](O)[C@@H]1O. The first-order valence-corrected chi connectivity index (χ1v) is 7.42. The van der Waals surface area contributed by atoms with Gasteiger partial charge in [-0.1, -0.05) is 45.4 Å². The summed E-state index contributed by atoms with van der Waals surface area (Å²) in [4.78, 5) is 0. The van der Waals surface area contributed by atoms with Gasteiger partial charge in [-0.05, 0) is 6.42 Å². The van der Waals surface area contributed by atoms with Gasteiger partial charge in [0.2, 0.25) is 0 Å². The van der Waals surface area contributed by atoms with Crippen molar-refractivity contribution in [2.75, 3.05) is 6.61 Å². The normalized spacial score (nSPS) is 35.5. The molecule has 1 rings (SSSR count). The second-order valence-electron chi connectivity index (χ2n) is 5.42. The molecule has 1 aliphatic rings. The maximum absolute atomic E-state index is 9.85. The van der Waals surface area contributed by atoms with Gasteiger partial charge in [0, 0.05) is 0 Å². The molecule has 0 radical (unpaired) electrons. The van der Waals surface area contributed by atoms with Gasteiger partial charge < -0.3 is 25.2 Å². The fourth-order valence-electron chi connectivity index (χ4n) is 2.54. The number of unbranched alkanes of at least 4 members (excludes halogenated alkanes) is 5. The van der Waals surface area contributed by atoms with Crippen LogP contribution >= 0.6 is 0 Å². The molecule has 1 heterocycles. The van der Waals surface area contributed by atoms with Crippen LogP contribution in [-0.2, 0) is 4.74 Å². The molecule has 1 aliphatic heterocycles. The summed E-state index contributed by atoms with van der Waals surface area (Å²) in [6.45, 7) is 1.83. The lowest BCUT2D eigenvalue weighted by atomic mass is 9.92. The zero-order valence-electron chi connectivity index (χ0n) is 11.7. The summed E-state index contributed by atoms with van der Waals surface area (Å²) in [5, 5.41) is 38.2. The van der Waals surface area contributed by atoms with Crippen LogP contribution in [0, 0.1) is 0 Å². The van der Waals surface area contributed by atoms with Crippen molar-refractivity contribution in [2.45, 2.75) is 82.4 Å². The van der Waals surface area contributed by atoms with Gasteiger partial charge in [-0.15, -0.1) is 0 Å². The lowest BCUT2D eigenvalue weighted by Crippen LogP contribution is -2.58. The van der Waals surface area contributed by atoms with E-state index in [0.717, 1.165) is 12.8 Å². The Balaban J connectivity index is 2.28. The van der Waals surface area contributed by atoms with E-state index in [-0.39, 0.29) is 6.61 Å². The van der Waals surface area contributed by atoms with Crippen molar-refractivity contribution < 1.29 is 25.2 Å². The first-order valence-electron chi connectivity index (χ1n) is 7.42. The largest absolute Gasteiger partial charge is 0.394 e. The van der Waals surface area contributed by atoms with Crippen LogP contribution in [0.1, 0.15) is 51.9 Å². The quantitative estimate of drug-likeness (QED) is 0.487. The molecule has 4 N–H and O–H groups in total. The van der Waals surface area contributed by atoms with Gasteiger partial charge in [-0.25, -0.2) is 0 Å². The summed E-state index contributed by atoms with van der Waals surface area (Å²) in [5.74, 6) is 0. The van der Waals surface area contributed by atoms with Crippen molar-refractivity contribution in [1.82, 2.24) is 0 Å². The van der Waals surface area contributed by atoms with Crippen LogP contribution in [0.3, 0.4) is 0 Å². The average molecular weight is 276 g/mol. The Kier molecular flexibility index (Phi) is 7.87. The summed E-state index contributed by atoms with van der Waals surface area (Å²) in [6, 6.07) is 0. The fourth-order valence-corrected chi connectivity index (χ4v) is 2.54. The maximum atomic E-state index is 9.85. The molecule has 0 saturated carbocycles. The molecule has 0 amide bonds. The van der Waals surface area contributed by atoms with E-state index in [1.807, 2.05) is 0 Å². The lowest BCUT2D eigenvalue weighted by molar-refractivity contribution is -0.230. The minimum Gasteiger partial charge on any atom is -0.394 e. The monoisotopic (exact) mass is 276 g/mol. The molecule has 114 valence electrons. The molecule has 0 bridgehead atoms. The second kappa shape index (κ2) is 8.87. The number of hydrogen-bond acceptors (Lipinski definition) is 5. The molecule has 19 heavy (non-hydrogen) atoms. The van der Waals surface area contributed by atoms with Crippen molar-refractivity contribution in [1.29, 1.82) is 0 Å². The van der Waals surface area contributed by atoms with Crippen LogP contribution in [0.25, 0.3) is 0 Å². The molecular formula is C14H28O5. The molecule has 0 unspecified atom stereocenters. The number of aliphatic hydroxyl groups excluding tert-OH is 4. The molecule has 0 aromatic rings. The van der Waals surface area contributed by atoms with E-state index < -0.39 is 30.5 Å². The Morgan fingerprint density at radius 1 is 0.789 bits per heavy atom. The predicted octanol–water partition coefficient (Wildman–Crippen LogP) is 0.579.